The zero-order valence-electron chi connectivity index (χ0n) is 19.3. The molecular formula is C28H37NO. The highest BCUT2D eigenvalue weighted by molar-refractivity contribution is 5.95. The Hall–Kier alpha value is -3.13. The van der Waals surface area contributed by atoms with E-state index in [2.05, 4.69) is 65.4 Å². The van der Waals surface area contributed by atoms with Crippen LogP contribution in [0.4, 0.5) is 5.69 Å². The summed E-state index contributed by atoms with van der Waals surface area (Å²) in [7, 11) is 0. The zero-order valence-corrected chi connectivity index (χ0v) is 19.3. The van der Waals surface area contributed by atoms with Crippen molar-refractivity contribution in [1.82, 2.24) is 0 Å². The summed E-state index contributed by atoms with van der Waals surface area (Å²) in [5, 5.41) is 3.04. The van der Waals surface area contributed by atoms with Gasteiger partial charge in [-0.3, -0.25) is 4.79 Å². The highest BCUT2D eigenvalue weighted by Gasteiger charge is 2.09. The molecule has 0 aliphatic heterocycles. The van der Waals surface area contributed by atoms with Crippen molar-refractivity contribution in [2.24, 2.45) is 0 Å². The van der Waals surface area contributed by atoms with E-state index in [1.54, 1.807) is 6.08 Å². The molecule has 0 saturated heterocycles. The van der Waals surface area contributed by atoms with Crippen LogP contribution in [0.25, 0.3) is 5.57 Å². The molecule has 0 spiro atoms. The molecule has 2 heteroatoms. The second-order valence-corrected chi connectivity index (χ2v) is 7.03. The standard InChI is InChI=1S/C26H33NO.C2H4/c1-8-10-13-23(9-2)16-17-26(28)27-25-15-12-11-14-24(25)21(6)18-20(5)22(7)19(3)4;1-2/h8-15,18H,1,6,16-17H2,2-5,7H3,(H,27,28);1-2H2/b13-10-,20-18-,23-9+;. The number of rotatable bonds is 9. The molecule has 0 heterocycles. The molecule has 0 aliphatic carbocycles. The molecule has 0 aliphatic rings. The lowest BCUT2D eigenvalue weighted by Crippen LogP contribution is -2.12. The van der Waals surface area contributed by atoms with Crippen LogP contribution >= 0.6 is 0 Å². The van der Waals surface area contributed by atoms with Gasteiger partial charge in [-0.1, -0.05) is 72.9 Å². The lowest BCUT2D eigenvalue weighted by atomic mass is 9.98. The van der Waals surface area contributed by atoms with Crippen molar-refractivity contribution >= 4 is 17.2 Å². The third-order valence-corrected chi connectivity index (χ3v) is 4.74. The molecule has 160 valence electrons. The van der Waals surface area contributed by atoms with Crippen LogP contribution in [0.2, 0.25) is 0 Å². The Bertz CT molecular complexity index is 858. The van der Waals surface area contributed by atoms with Crippen molar-refractivity contribution in [2.45, 2.75) is 47.5 Å². The normalized spacial score (nSPS) is 11.4. The maximum Gasteiger partial charge on any atom is 0.224 e. The van der Waals surface area contributed by atoms with Gasteiger partial charge in [0.05, 0.1) is 0 Å². The van der Waals surface area contributed by atoms with Gasteiger partial charge in [0, 0.05) is 17.7 Å². The number of hydrogen-bond acceptors (Lipinski definition) is 1. The third-order valence-electron chi connectivity index (χ3n) is 4.74. The molecule has 1 amide bonds. The predicted octanol–water partition coefficient (Wildman–Crippen LogP) is 8.21. The lowest BCUT2D eigenvalue weighted by Gasteiger charge is -2.13. The fourth-order valence-corrected chi connectivity index (χ4v) is 2.70. The van der Waals surface area contributed by atoms with Gasteiger partial charge in [-0.2, -0.15) is 0 Å². The Balaban J connectivity index is 0.00000407. The van der Waals surface area contributed by atoms with Gasteiger partial charge in [0.15, 0.2) is 0 Å². The second kappa shape index (κ2) is 14.8. The van der Waals surface area contributed by atoms with E-state index in [0.29, 0.717) is 12.8 Å². The number of amides is 1. The van der Waals surface area contributed by atoms with Crippen LogP contribution in [0.5, 0.6) is 0 Å². The van der Waals surface area contributed by atoms with Crippen molar-refractivity contribution in [3.8, 4) is 0 Å². The first-order valence-electron chi connectivity index (χ1n) is 10.1. The average Bonchev–Trinajstić information content (AvgIpc) is 2.74. The van der Waals surface area contributed by atoms with Crippen molar-refractivity contribution in [3.63, 3.8) is 0 Å². The fourth-order valence-electron chi connectivity index (χ4n) is 2.70. The van der Waals surface area contributed by atoms with E-state index in [1.165, 1.54) is 16.7 Å². The second-order valence-electron chi connectivity index (χ2n) is 7.03. The van der Waals surface area contributed by atoms with Crippen LogP contribution in [0.1, 0.15) is 53.0 Å². The van der Waals surface area contributed by atoms with Crippen LogP contribution in [-0.2, 0) is 4.79 Å². The van der Waals surface area contributed by atoms with E-state index in [0.717, 1.165) is 22.4 Å². The van der Waals surface area contributed by atoms with Crippen LogP contribution in [0.15, 0.2) is 103 Å². The number of hydrogen-bond donors (Lipinski definition) is 1. The Labute approximate surface area is 183 Å². The van der Waals surface area contributed by atoms with Gasteiger partial charge < -0.3 is 5.32 Å². The molecule has 0 unspecified atom stereocenters. The molecule has 1 aromatic carbocycles. The van der Waals surface area contributed by atoms with Crippen molar-refractivity contribution in [2.75, 3.05) is 5.32 Å². The highest BCUT2D eigenvalue weighted by atomic mass is 16.1. The van der Waals surface area contributed by atoms with Gasteiger partial charge >= 0.3 is 0 Å². The van der Waals surface area contributed by atoms with Crippen LogP contribution in [-0.4, -0.2) is 5.91 Å². The topological polar surface area (TPSA) is 29.1 Å². The van der Waals surface area contributed by atoms with Crippen LogP contribution in [0.3, 0.4) is 0 Å². The quantitative estimate of drug-likeness (QED) is 0.326. The van der Waals surface area contributed by atoms with Gasteiger partial charge in [-0.05, 0) is 63.8 Å². The minimum absolute atomic E-state index is 0.00668. The molecule has 0 saturated carbocycles. The van der Waals surface area contributed by atoms with Crippen molar-refractivity contribution < 1.29 is 4.79 Å². The first kappa shape index (κ1) is 26.9. The van der Waals surface area contributed by atoms with E-state index in [-0.39, 0.29) is 5.91 Å². The van der Waals surface area contributed by atoms with E-state index in [4.69, 9.17) is 0 Å². The van der Waals surface area contributed by atoms with E-state index >= 15 is 0 Å². The third kappa shape index (κ3) is 9.38. The summed E-state index contributed by atoms with van der Waals surface area (Å²) in [6.45, 7) is 24.3. The molecule has 2 nitrogen and oxygen atoms in total. The first-order valence-corrected chi connectivity index (χ1v) is 10.1. The number of benzene rings is 1. The Morgan fingerprint density at radius 1 is 1.07 bits per heavy atom. The predicted molar refractivity (Wildman–Crippen MR) is 135 cm³/mol. The van der Waals surface area contributed by atoms with E-state index in [1.807, 2.05) is 49.4 Å². The van der Waals surface area contributed by atoms with E-state index in [9.17, 15) is 4.79 Å². The fraction of sp³-hybridized carbons (Fsp3) is 0.250. The summed E-state index contributed by atoms with van der Waals surface area (Å²) in [5.74, 6) is -0.00668. The summed E-state index contributed by atoms with van der Waals surface area (Å²) < 4.78 is 0. The number of nitrogens with one attached hydrogen (secondary N) is 1. The summed E-state index contributed by atoms with van der Waals surface area (Å²) in [6.07, 6.45) is 10.8. The number of para-hydroxylation sites is 1. The van der Waals surface area contributed by atoms with Gasteiger partial charge in [-0.25, -0.2) is 0 Å². The molecule has 0 aromatic heterocycles. The van der Waals surface area contributed by atoms with Gasteiger partial charge in [0.1, 0.15) is 0 Å². The zero-order chi connectivity index (χ0) is 23.1. The molecule has 0 bridgehead atoms. The number of carbonyl (C=O) groups is 1. The Morgan fingerprint density at radius 3 is 2.27 bits per heavy atom. The van der Waals surface area contributed by atoms with E-state index < -0.39 is 0 Å². The number of allylic oxidation sites excluding steroid dienone is 10. The smallest absolute Gasteiger partial charge is 0.224 e. The molecule has 1 rings (SSSR count). The van der Waals surface area contributed by atoms with Crippen molar-refractivity contribution in [3.05, 3.63) is 109 Å². The lowest BCUT2D eigenvalue weighted by molar-refractivity contribution is -0.116. The molecule has 30 heavy (non-hydrogen) atoms. The van der Waals surface area contributed by atoms with Crippen LogP contribution < -0.4 is 5.32 Å². The molecule has 0 fully saturated rings. The maximum atomic E-state index is 12.5. The van der Waals surface area contributed by atoms with Gasteiger partial charge in [-0.15, -0.1) is 13.2 Å². The highest BCUT2D eigenvalue weighted by Crippen LogP contribution is 2.26. The molecule has 1 N–H and O–H groups in total. The molecular weight excluding hydrogens is 366 g/mol. The minimum atomic E-state index is -0.00668. The summed E-state index contributed by atoms with van der Waals surface area (Å²) in [5.41, 5.74) is 7.45. The summed E-state index contributed by atoms with van der Waals surface area (Å²) in [6, 6.07) is 7.80. The molecule has 0 radical (unpaired) electrons. The maximum absolute atomic E-state index is 12.5. The molecule has 0 atom stereocenters. The number of carbonyl (C=O) groups excluding carboxylic acids is 1. The molecule has 1 aromatic rings. The van der Waals surface area contributed by atoms with Gasteiger partial charge in [0.2, 0.25) is 5.91 Å². The van der Waals surface area contributed by atoms with Crippen molar-refractivity contribution in [1.29, 1.82) is 0 Å². The number of anilines is 1. The first-order chi connectivity index (χ1) is 14.3. The van der Waals surface area contributed by atoms with Crippen LogP contribution in [0, 0.1) is 0 Å². The monoisotopic (exact) mass is 403 g/mol. The average molecular weight is 404 g/mol. The summed E-state index contributed by atoms with van der Waals surface area (Å²) in [4.78, 5) is 12.5. The SMILES string of the molecule is C=C.C=C/C=C\C(=C/C)CCC(=O)Nc1ccccc1C(=C)/C=C(/C)C(C)=C(C)C. The minimum Gasteiger partial charge on any atom is -0.326 e. The Morgan fingerprint density at radius 2 is 1.70 bits per heavy atom. The Kier molecular flexibility index (Phi) is 13.3. The van der Waals surface area contributed by atoms with Gasteiger partial charge in [0.25, 0.3) is 0 Å². The largest absolute Gasteiger partial charge is 0.326 e. The summed E-state index contributed by atoms with van der Waals surface area (Å²) >= 11 is 0.